The first-order valence-electron chi connectivity index (χ1n) is 7.65. The van der Waals surface area contributed by atoms with Gasteiger partial charge in [0.05, 0.1) is 6.54 Å². The number of carbonyl (C=O) groups is 3. The molecular formula is C16H18N4O4. The number of primary amides is 1. The van der Waals surface area contributed by atoms with Crippen LogP contribution in [0.3, 0.4) is 0 Å². The molecule has 5 N–H and O–H groups in total. The number of aliphatic carboxylic acids is 1. The Bertz CT molecular complexity index is 733. The first kappa shape index (κ1) is 16.0. The predicted octanol–water partition coefficient (Wildman–Crippen LogP) is 0.0257. The molecule has 1 aliphatic carbocycles. The van der Waals surface area contributed by atoms with E-state index in [4.69, 9.17) is 11.1 Å². The normalized spacial score (nSPS) is 24.2. The number of nitrogens with two attached hydrogens (primary N) is 1. The third-order valence-corrected chi connectivity index (χ3v) is 4.55. The van der Waals surface area contributed by atoms with Crippen LogP contribution >= 0.6 is 0 Å². The van der Waals surface area contributed by atoms with Crippen LogP contribution in [0.25, 0.3) is 0 Å². The summed E-state index contributed by atoms with van der Waals surface area (Å²) in [5.41, 5.74) is 5.53. The predicted molar refractivity (Wildman–Crippen MR) is 85.7 cm³/mol. The summed E-state index contributed by atoms with van der Waals surface area (Å²) in [4.78, 5) is 36.4. The minimum atomic E-state index is -0.980. The average Bonchev–Trinajstić information content (AvgIpc) is 3.21. The number of likely N-dealkylation sites (tertiary alicyclic amines) is 1. The number of nitrogens with one attached hydrogen (secondary N) is 2. The summed E-state index contributed by atoms with van der Waals surface area (Å²) in [6, 6.07) is 5.83. The lowest BCUT2D eigenvalue weighted by Gasteiger charge is -2.25. The van der Waals surface area contributed by atoms with E-state index in [0.29, 0.717) is 23.6 Å². The van der Waals surface area contributed by atoms with Crippen molar-refractivity contribution >= 4 is 29.2 Å². The number of carboxylic acid groups (broad SMARTS) is 1. The maximum absolute atomic E-state index is 12.4. The second-order valence-corrected chi connectivity index (χ2v) is 6.09. The lowest BCUT2D eigenvalue weighted by Crippen LogP contribution is -2.45. The van der Waals surface area contributed by atoms with Crippen molar-refractivity contribution in [2.24, 2.45) is 11.7 Å². The van der Waals surface area contributed by atoms with Crippen LogP contribution in [0.2, 0.25) is 0 Å². The van der Waals surface area contributed by atoms with E-state index in [1.165, 1.54) is 4.90 Å². The molecule has 3 atom stereocenters. The molecule has 2 amide bonds. The van der Waals surface area contributed by atoms with Crippen molar-refractivity contribution in [3.63, 3.8) is 0 Å². The van der Waals surface area contributed by atoms with Crippen molar-refractivity contribution in [2.45, 2.75) is 24.9 Å². The number of para-hydroxylation sites is 1. The highest BCUT2D eigenvalue weighted by molar-refractivity contribution is 6.44. The van der Waals surface area contributed by atoms with Crippen molar-refractivity contribution < 1.29 is 19.5 Å². The number of hydrogen-bond acceptors (Lipinski definition) is 5. The summed E-state index contributed by atoms with van der Waals surface area (Å²) in [6.45, 7) is -0.101. The smallest absolute Gasteiger partial charge is 0.326 e. The highest BCUT2D eigenvalue weighted by atomic mass is 16.4. The molecule has 0 radical (unpaired) electrons. The Morgan fingerprint density at radius 3 is 2.67 bits per heavy atom. The van der Waals surface area contributed by atoms with Gasteiger partial charge in [-0.25, -0.2) is 4.79 Å². The zero-order valence-electron chi connectivity index (χ0n) is 12.9. The number of piperidine rings is 1. The number of nitrogens with zero attached hydrogens (tertiary/aromatic N) is 1. The largest absolute Gasteiger partial charge is 0.480 e. The van der Waals surface area contributed by atoms with Crippen molar-refractivity contribution in [1.82, 2.24) is 4.90 Å². The first-order valence-corrected chi connectivity index (χ1v) is 7.65. The van der Waals surface area contributed by atoms with Crippen LogP contribution in [0.1, 0.15) is 18.4 Å². The van der Waals surface area contributed by atoms with Crippen LogP contribution in [0.4, 0.5) is 5.69 Å². The van der Waals surface area contributed by atoms with Gasteiger partial charge in [-0.1, -0.05) is 18.2 Å². The fourth-order valence-electron chi connectivity index (χ4n) is 3.29. The molecular weight excluding hydrogens is 312 g/mol. The Labute approximate surface area is 138 Å². The molecule has 24 heavy (non-hydrogen) atoms. The topological polar surface area (TPSA) is 137 Å². The molecule has 0 aromatic heterocycles. The molecule has 0 unspecified atom stereocenters. The minimum Gasteiger partial charge on any atom is -0.480 e. The third kappa shape index (κ3) is 2.82. The van der Waals surface area contributed by atoms with E-state index in [-0.39, 0.29) is 24.2 Å². The van der Waals surface area contributed by atoms with E-state index in [1.807, 2.05) is 0 Å². The standard InChI is InChI=1S/C16H18N4O4/c17-14(15(18)22)9-3-1-2-4-10(9)19-7-13(21)20-11-5-8(11)6-12(20)16(23)24/h1-4,8,11-12,17,19H,5-7H2,(H2,18,22)(H,23,24)/t8-,11-,12+/m1/s1. The fraction of sp³-hybridized carbons (Fsp3) is 0.375. The highest BCUT2D eigenvalue weighted by Crippen LogP contribution is 2.47. The van der Waals surface area contributed by atoms with Crippen LogP contribution in [0.5, 0.6) is 0 Å². The maximum Gasteiger partial charge on any atom is 0.326 e. The molecule has 1 saturated heterocycles. The molecule has 2 aliphatic rings. The molecule has 1 heterocycles. The molecule has 0 bridgehead atoms. The van der Waals surface area contributed by atoms with E-state index in [0.717, 1.165) is 6.42 Å². The Kier molecular flexibility index (Phi) is 3.96. The Balaban J connectivity index is 1.70. The molecule has 0 spiro atoms. The van der Waals surface area contributed by atoms with Gasteiger partial charge in [-0.05, 0) is 24.8 Å². The number of hydrogen-bond donors (Lipinski definition) is 4. The van der Waals surface area contributed by atoms with Gasteiger partial charge in [0.25, 0.3) is 5.91 Å². The lowest BCUT2D eigenvalue weighted by molar-refractivity contribution is -0.148. The summed E-state index contributed by atoms with van der Waals surface area (Å²) in [6.07, 6.45) is 1.37. The fourth-order valence-corrected chi connectivity index (χ4v) is 3.29. The average molecular weight is 330 g/mol. The van der Waals surface area contributed by atoms with Crippen LogP contribution in [0.15, 0.2) is 24.3 Å². The van der Waals surface area contributed by atoms with Crippen LogP contribution in [-0.2, 0) is 14.4 Å². The van der Waals surface area contributed by atoms with E-state index >= 15 is 0 Å². The molecule has 8 nitrogen and oxygen atoms in total. The zero-order chi connectivity index (χ0) is 17.4. The van der Waals surface area contributed by atoms with E-state index in [1.54, 1.807) is 24.3 Å². The monoisotopic (exact) mass is 330 g/mol. The summed E-state index contributed by atoms with van der Waals surface area (Å²) < 4.78 is 0. The van der Waals surface area contributed by atoms with Gasteiger partial charge >= 0.3 is 5.97 Å². The second kappa shape index (κ2) is 5.95. The number of anilines is 1. The quantitative estimate of drug-likeness (QED) is 0.545. The molecule has 1 aromatic rings. The number of benzene rings is 1. The number of amides is 2. The third-order valence-electron chi connectivity index (χ3n) is 4.55. The van der Waals surface area contributed by atoms with Gasteiger partial charge in [0.1, 0.15) is 11.8 Å². The maximum atomic E-state index is 12.4. The Hall–Kier alpha value is -2.90. The SMILES string of the molecule is N=C(C(N)=O)c1ccccc1NCC(=O)N1[C@@H]2C[C@@H]2C[C@H]1C(=O)O. The van der Waals surface area contributed by atoms with Gasteiger partial charge < -0.3 is 21.1 Å². The van der Waals surface area contributed by atoms with Gasteiger partial charge in [0.15, 0.2) is 0 Å². The Morgan fingerprint density at radius 2 is 2.00 bits per heavy atom. The van der Waals surface area contributed by atoms with Crippen molar-refractivity contribution in [3.05, 3.63) is 29.8 Å². The number of rotatable bonds is 6. The van der Waals surface area contributed by atoms with E-state index in [9.17, 15) is 19.5 Å². The van der Waals surface area contributed by atoms with Gasteiger partial charge in [-0.15, -0.1) is 0 Å². The lowest BCUT2D eigenvalue weighted by atomic mass is 10.1. The summed E-state index contributed by atoms with van der Waals surface area (Å²) >= 11 is 0. The molecule has 1 aromatic carbocycles. The van der Waals surface area contributed by atoms with Crippen LogP contribution in [0, 0.1) is 11.3 Å². The molecule has 1 saturated carbocycles. The molecule has 126 valence electrons. The second-order valence-electron chi connectivity index (χ2n) is 6.09. The molecule has 3 rings (SSSR count). The van der Waals surface area contributed by atoms with Crippen molar-refractivity contribution in [3.8, 4) is 0 Å². The van der Waals surface area contributed by atoms with Crippen molar-refractivity contribution in [1.29, 1.82) is 5.41 Å². The van der Waals surface area contributed by atoms with E-state index < -0.39 is 17.9 Å². The van der Waals surface area contributed by atoms with Crippen LogP contribution < -0.4 is 11.1 Å². The molecule has 2 fully saturated rings. The van der Waals surface area contributed by atoms with Gasteiger partial charge in [-0.2, -0.15) is 0 Å². The Morgan fingerprint density at radius 1 is 1.29 bits per heavy atom. The van der Waals surface area contributed by atoms with Crippen LogP contribution in [-0.4, -0.2) is 52.1 Å². The molecule has 8 heteroatoms. The van der Waals surface area contributed by atoms with Crippen molar-refractivity contribution in [2.75, 3.05) is 11.9 Å². The summed E-state index contributed by atoms with van der Waals surface area (Å²) in [7, 11) is 0. The molecule has 1 aliphatic heterocycles. The number of carboxylic acids is 1. The van der Waals surface area contributed by atoms with Gasteiger partial charge in [-0.3, -0.25) is 15.0 Å². The zero-order valence-corrected chi connectivity index (χ0v) is 12.9. The van der Waals surface area contributed by atoms with E-state index in [2.05, 4.69) is 5.32 Å². The highest BCUT2D eigenvalue weighted by Gasteiger charge is 2.56. The van der Waals surface area contributed by atoms with Gasteiger partial charge in [0, 0.05) is 17.3 Å². The number of carbonyl (C=O) groups excluding carboxylic acids is 2. The number of fused-ring (bicyclic) bond motifs is 1. The summed E-state index contributed by atoms with van der Waals surface area (Å²) in [5, 5.41) is 19.8. The summed E-state index contributed by atoms with van der Waals surface area (Å²) in [5.74, 6) is -1.84. The van der Waals surface area contributed by atoms with Gasteiger partial charge in [0.2, 0.25) is 5.91 Å². The first-order chi connectivity index (χ1) is 11.4. The minimum absolute atomic E-state index is 0.0274.